The van der Waals surface area contributed by atoms with E-state index in [1.165, 1.54) is 39.4 Å². The van der Waals surface area contributed by atoms with Gasteiger partial charge in [-0.15, -0.1) is 0 Å². The number of anilines is 2. The summed E-state index contributed by atoms with van der Waals surface area (Å²) in [6.07, 6.45) is 0. The molecule has 0 unspecified atom stereocenters. The highest BCUT2D eigenvalue weighted by molar-refractivity contribution is 7.89. The molecule has 2 rings (SSSR count). The van der Waals surface area contributed by atoms with Crippen molar-refractivity contribution in [2.75, 3.05) is 45.0 Å². The molecule has 0 saturated carbocycles. The van der Waals surface area contributed by atoms with Crippen molar-refractivity contribution >= 4 is 33.0 Å². The van der Waals surface area contributed by atoms with Crippen LogP contribution in [-0.2, 0) is 14.8 Å². The number of nitrogens with zero attached hydrogens (tertiary/aromatic N) is 2. The summed E-state index contributed by atoms with van der Waals surface area (Å²) in [5.74, 6) is -0.615. The summed E-state index contributed by atoms with van der Waals surface area (Å²) in [5, 5.41) is 16.7. The molecule has 10 nitrogen and oxygen atoms in total. The fourth-order valence-electron chi connectivity index (χ4n) is 2.63. The maximum Gasteiger partial charge on any atom is 0.270 e. The van der Waals surface area contributed by atoms with E-state index in [4.69, 9.17) is 4.74 Å². The lowest BCUT2D eigenvalue weighted by molar-refractivity contribution is -0.384. The van der Waals surface area contributed by atoms with Crippen LogP contribution in [0.15, 0.2) is 41.3 Å². The van der Waals surface area contributed by atoms with Crippen LogP contribution in [0.25, 0.3) is 0 Å². The summed E-state index contributed by atoms with van der Waals surface area (Å²) < 4.78 is 31.0. The lowest BCUT2D eigenvalue weighted by Crippen LogP contribution is -2.23. The van der Waals surface area contributed by atoms with E-state index >= 15 is 0 Å². The Hall–Kier alpha value is -3.02. The molecule has 0 atom stereocenters. The molecule has 162 valence electrons. The molecule has 0 aliphatic carbocycles. The van der Waals surface area contributed by atoms with E-state index in [2.05, 4.69) is 10.6 Å². The first-order valence-corrected chi connectivity index (χ1v) is 10.4. The molecule has 0 radical (unpaired) electrons. The first-order valence-electron chi connectivity index (χ1n) is 8.93. The van der Waals surface area contributed by atoms with Gasteiger partial charge in [0.15, 0.2) is 0 Å². The maximum atomic E-state index is 12.9. The van der Waals surface area contributed by atoms with E-state index < -0.39 is 20.9 Å². The number of carbonyl (C=O) groups is 1. The second-order valence-electron chi connectivity index (χ2n) is 6.63. The Balaban J connectivity index is 2.39. The van der Waals surface area contributed by atoms with Crippen LogP contribution in [0, 0.1) is 17.0 Å². The molecule has 0 bridgehead atoms. The molecular weight excluding hydrogens is 412 g/mol. The molecule has 0 saturated heterocycles. The van der Waals surface area contributed by atoms with Gasteiger partial charge in [0.1, 0.15) is 0 Å². The standard InChI is InChI=1S/C19H24N4O6S/c1-13-5-6-14(11-18(13)30(27,28)22(2)3)21-19(24)16-12-15(23(25)26)7-8-17(16)20-9-10-29-4/h5-8,11-12,20H,9-10H2,1-4H3,(H,21,24). The van der Waals surface area contributed by atoms with Gasteiger partial charge in [-0.1, -0.05) is 6.07 Å². The molecule has 0 aliphatic heterocycles. The number of sulfonamides is 1. The van der Waals surface area contributed by atoms with Crippen molar-refractivity contribution in [3.8, 4) is 0 Å². The second kappa shape index (κ2) is 9.65. The largest absolute Gasteiger partial charge is 0.383 e. The van der Waals surface area contributed by atoms with E-state index in [9.17, 15) is 23.3 Å². The zero-order valence-electron chi connectivity index (χ0n) is 17.1. The highest BCUT2D eigenvalue weighted by atomic mass is 32.2. The number of carbonyl (C=O) groups excluding carboxylic acids is 1. The number of benzene rings is 2. The van der Waals surface area contributed by atoms with E-state index in [0.717, 1.165) is 10.4 Å². The van der Waals surface area contributed by atoms with Crippen LogP contribution in [0.5, 0.6) is 0 Å². The van der Waals surface area contributed by atoms with E-state index in [-0.39, 0.29) is 21.8 Å². The highest BCUT2D eigenvalue weighted by Crippen LogP contribution is 2.26. The number of nitro benzene ring substituents is 1. The van der Waals surface area contributed by atoms with Crippen molar-refractivity contribution in [1.82, 2.24) is 4.31 Å². The van der Waals surface area contributed by atoms with E-state index in [1.807, 2.05) is 0 Å². The Bertz CT molecular complexity index is 1050. The van der Waals surface area contributed by atoms with Crippen LogP contribution in [-0.4, -0.2) is 57.9 Å². The summed E-state index contributed by atoms with van der Waals surface area (Å²) in [4.78, 5) is 23.4. The number of amides is 1. The molecule has 1 amide bonds. The minimum Gasteiger partial charge on any atom is -0.383 e. The normalized spacial score (nSPS) is 11.4. The van der Waals surface area contributed by atoms with Gasteiger partial charge in [0.2, 0.25) is 10.0 Å². The number of nitro groups is 1. The van der Waals surface area contributed by atoms with Crippen molar-refractivity contribution in [2.45, 2.75) is 11.8 Å². The molecule has 0 aromatic heterocycles. The van der Waals surface area contributed by atoms with Gasteiger partial charge in [0, 0.05) is 51.3 Å². The van der Waals surface area contributed by atoms with Crippen molar-refractivity contribution in [1.29, 1.82) is 0 Å². The van der Waals surface area contributed by atoms with Crippen LogP contribution in [0.4, 0.5) is 17.1 Å². The van der Waals surface area contributed by atoms with E-state index in [1.54, 1.807) is 19.1 Å². The van der Waals surface area contributed by atoms with Crippen LogP contribution >= 0.6 is 0 Å². The van der Waals surface area contributed by atoms with Crippen LogP contribution in [0.2, 0.25) is 0 Å². The fourth-order valence-corrected chi connectivity index (χ4v) is 3.77. The smallest absolute Gasteiger partial charge is 0.270 e. The summed E-state index contributed by atoms with van der Waals surface area (Å²) in [6.45, 7) is 2.42. The van der Waals surface area contributed by atoms with Gasteiger partial charge >= 0.3 is 0 Å². The number of aryl methyl sites for hydroxylation is 1. The Morgan fingerprint density at radius 3 is 2.50 bits per heavy atom. The van der Waals surface area contributed by atoms with Gasteiger partial charge in [-0.3, -0.25) is 14.9 Å². The minimum absolute atomic E-state index is 0.0536. The summed E-state index contributed by atoms with van der Waals surface area (Å²) in [6, 6.07) is 8.40. The fraction of sp³-hybridized carbons (Fsp3) is 0.316. The Kier molecular flexibility index (Phi) is 7.48. The van der Waals surface area contributed by atoms with Crippen LogP contribution in [0.1, 0.15) is 15.9 Å². The van der Waals surface area contributed by atoms with Crippen molar-refractivity contribution < 1.29 is 22.9 Å². The number of hydrogen-bond acceptors (Lipinski definition) is 7. The molecule has 0 spiro atoms. The molecule has 0 aliphatic rings. The number of nitrogens with one attached hydrogen (secondary N) is 2. The summed E-state index contributed by atoms with van der Waals surface area (Å²) >= 11 is 0. The average Bonchev–Trinajstić information content (AvgIpc) is 2.69. The van der Waals surface area contributed by atoms with Crippen molar-refractivity contribution in [3.05, 3.63) is 57.6 Å². The third-order valence-corrected chi connectivity index (χ3v) is 6.24. The predicted molar refractivity (Wildman–Crippen MR) is 113 cm³/mol. The second-order valence-corrected chi connectivity index (χ2v) is 8.75. The van der Waals surface area contributed by atoms with Gasteiger partial charge in [0.25, 0.3) is 11.6 Å². The third kappa shape index (κ3) is 5.32. The number of non-ortho nitro benzene ring substituents is 1. The SMILES string of the molecule is COCCNc1ccc([N+](=O)[O-])cc1C(=O)Nc1ccc(C)c(S(=O)(=O)N(C)C)c1. The van der Waals surface area contributed by atoms with Gasteiger partial charge < -0.3 is 15.4 Å². The topological polar surface area (TPSA) is 131 Å². The number of hydrogen-bond donors (Lipinski definition) is 2. The monoisotopic (exact) mass is 436 g/mol. The minimum atomic E-state index is -3.71. The third-order valence-electron chi connectivity index (χ3n) is 4.28. The molecule has 2 aromatic carbocycles. The Morgan fingerprint density at radius 2 is 1.90 bits per heavy atom. The van der Waals surface area contributed by atoms with Crippen molar-refractivity contribution in [2.24, 2.45) is 0 Å². The molecule has 2 N–H and O–H groups in total. The lowest BCUT2D eigenvalue weighted by atomic mass is 10.1. The van der Waals surface area contributed by atoms with Gasteiger partial charge in [0.05, 0.1) is 22.0 Å². The van der Waals surface area contributed by atoms with Crippen LogP contribution < -0.4 is 10.6 Å². The molecule has 11 heteroatoms. The molecular formula is C19H24N4O6S. The maximum absolute atomic E-state index is 12.9. The zero-order chi connectivity index (χ0) is 22.5. The summed E-state index contributed by atoms with van der Waals surface area (Å²) in [7, 11) is 0.660. The number of rotatable bonds is 9. The van der Waals surface area contributed by atoms with Gasteiger partial charge in [-0.25, -0.2) is 12.7 Å². The molecule has 30 heavy (non-hydrogen) atoms. The van der Waals surface area contributed by atoms with Crippen LogP contribution in [0.3, 0.4) is 0 Å². The van der Waals surface area contributed by atoms with E-state index in [0.29, 0.717) is 24.4 Å². The molecule has 0 heterocycles. The number of ether oxygens (including phenoxy) is 1. The molecule has 0 fully saturated rings. The zero-order valence-corrected chi connectivity index (χ0v) is 17.9. The highest BCUT2D eigenvalue weighted by Gasteiger charge is 2.22. The average molecular weight is 436 g/mol. The predicted octanol–water partition coefficient (Wildman–Crippen LogP) is 2.46. The first kappa shape index (κ1) is 23.3. The quantitative estimate of drug-likeness (QED) is 0.351. The Morgan fingerprint density at radius 1 is 1.20 bits per heavy atom. The van der Waals surface area contributed by atoms with Gasteiger partial charge in [-0.05, 0) is 30.7 Å². The molecule has 2 aromatic rings. The summed E-state index contributed by atoms with van der Waals surface area (Å²) in [5.41, 5.74) is 0.984. The Labute approximate surface area is 175 Å². The number of methoxy groups -OCH3 is 1. The first-order chi connectivity index (χ1) is 14.1. The van der Waals surface area contributed by atoms with Gasteiger partial charge in [-0.2, -0.15) is 0 Å². The lowest BCUT2D eigenvalue weighted by Gasteiger charge is -2.16. The van der Waals surface area contributed by atoms with Crippen molar-refractivity contribution in [3.63, 3.8) is 0 Å².